The molecule has 1 aliphatic carbocycles. The predicted octanol–water partition coefficient (Wildman–Crippen LogP) is 4.30. The Bertz CT molecular complexity index is 1330. The standard InChI is InChI=1S/C24H25N7O/c1-14-12-15-6-4-5-7-19(15)31(14)20-21-28-23(29-30(21)11-10-25-20)26-16-8-9-17-18(13-16)27-22(32)24(17,2)3/h4,6,8-11,13-14H,5,7,12H2,1-3H3,(H,26,29)(H,27,32). The molecule has 0 saturated carbocycles. The highest BCUT2D eigenvalue weighted by Crippen LogP contribution is 2.40. The van der Waals surface area contributed by atoms with Crippen molar-refractivity contribution in [3.63, 3.8) is 0 Å². The first-order chi connectivity index (χ1) is 15.4. The smallest absolute Gasteiger partial charge is 0.247 e. The van der Waals surface area contributed by atoms with E-state index in [1.165, 1.54) is 11.3 Å². The van der Waals surface area contributed by atoms with Gasteiger partial charge in [-0.3, -0.25) is 4.79 Å². The van der Waals surface area contributed by atoms with Crippen molar-refractivity contribution in [3.8, 4) is 0 Å². The molecular formula is C24H25N7O. The quantitative estimate of drug-likeness (QED) is 0.648. The van der Waals surface area contributed by atoms with Gasteiger partial charge < -0.3 is 15.5 Å². The number of allylic oxidation sites excluding steroid dienone is 3. The Balaban J connectivity index is 1.35. The molecule has 2 aromatic heterocycles. The largest absolute Gasteiger partial charge is 0.325 e. The first-order valence-corrected chi connectivity index (χ1v) is 11.0. The number of aromatic nitrogens is 4. The second-order valence-electron chi connectivity index (χ2n) is 9.26. The maximum absolute atomic E-state index is 12.3. The van der Waals surface area contributed by atoms with Gasteiger partial charge >= 0.3 is 0 Å². The molecule has 32 heavy (non-hydrogen) atoms. The molecule has 0 spiro atoms. The average molecular weight is 428 g/mol. The number of nitrogens with zero attached hydrogens (tertiary/aromatic N) is 5. The minimum Gasteiger partial charge on any atom is -0.325 e. The summed E-state index contributed by atoms with van der Waals surface area (Å²) in [6, 6.07) is 6.20. The second-order valence-corrected chi connectivity index (χ2v) is 9.26. The van der Waals surface area contributed by atoms with E-state index in [0.717, 1.165) is 47.7 Å². The third kappa shape index (κ3) is 2.75. The number of nitrogens with one attached hydrogen (secondary N) is 2. The van der Waals surface area contributed by atoms with E-state index in [-0.39, 0.29) is 5.91 Å². The molecule has 3 aromatic rings. The normalized spacial score (nSPS) is 21.2. The van der Waals surface area contributed by atoms with Gasteiger partial charge in [0.05, 0.1) is 5.41 Å². The fourth-order valence-corrected chi connectivity index (χ4v) is 5.00. The van der Waals surface area contributed by atoms with Crippen molar-refractivity contribution in [2.75, 3.05) is 15.5 Å². The van der Waals surface area contributed by atoms with E-state index in [0.29, 0.717) is 12.0 Å². The van der Waals surface area contributed by atoms with Gasteiger partial charge in [-0.2, -0.15) is 4.98 Å². The summed E-state index contributed by atoms with van der Waals surface area (Å²) in [7, 11) is 0. The molecule has 162 valence electrons. The van der Waals surface area contributed by atoms with E-state index < -0.39 is 5.41 Å². The summed E-state index contributed by atoms with van der Waals surface area (Å²) in [5.74, 6) is 1.34. The van der Waals surface area contributed by atoms with Gasteiger partial charge in [0.1, 0.15) is 0 Å². The average Bonchev–Trinajstić information content (AvgIpc) is 3.39. The van der Waals surface area contributed by atoms with Crippen molar-refractivity contribution in [2.24, 2.45) is 0 Å². The zero-order valence-electron chi connectivity index (χ0n) is 18.4. The van der Waals surface area contributed by atoms with Crippen LogP contribution in [0.25, 0.3) is 5.65 Å². The zero-order chi connectivity index (χ0) is 22.0. The Kier molecular flexibility index (Phi) is 3.96. The molecule has 3 aliphatic rings. The van der Waals surface area contributed by atoms with Crippen LogP contribution < -0.4 is 15.5 Å². The molecule has 0 bridgehead atoms. The molecular weight excluding hydrogens is 402 g/mol. The lowest BCUT2D eigenvalue weighted by Gasteiger charge is -2.26. The number of rotatable bonds is 3. The van der Waals surface area contributed by atoms with E-state index in [1.807, 2.05) is 38.2 Å². The Labute approximate surface area is 186 Å². The van der Waals surface area contributed by atoms with Crippen molar-refractivity contribution in [2.45, 2.75) is 51.5 Å². The monoisotopic (exact) mass is 427 g/mol. The SMILES string of the molecule is CC1CC2=C(CCC=C2)N1c1nccn2nc(Nc3ccc4c(c3)NC(=O)C4(C)C)nc12. The van der Waals surface area contributed by atoms with Crippen molar-refractivity contribution < 1.29 is 4.79 Å². The van der Waals surface area contributed by atoms with E-state index in [2.05, 4.69) is 39.7 Å². The fourth-order valence-electron chi connectivity index (χ4n) is 5.00. The van der Waals surface area contributed by atoms with Crippen LogP contribution in [0.4, 0.5) is 23.1 Å². The van der Waals surface area contributed by atoms with Gasteiger partial charge in [0.25, 0.3) is 0 Å². The molecule has 0 saturated heterocycles. The minimum absolute atomic E-state index is 0.0113. The highest BCUT2D eigenvalue weighted by atomic mass is 16.2. The Morgan fingerprint density at radius 2 is 2.16 bits per heavy atom. The second kappa shape index (κ2) is 6.66. The number of amides is 1. The summed E-state index contributed by atoms with van der Waals surface area (Å²) in [6.45, 7) is 6.09. The van der Waals surface area contributed by atoms with E-state index in [1.54, 1.807) is 10.7 Å². The third-order valence-corrected chi connectivity index (χ3v) is 6.71. The lowest BCUT2D eigenvalue weighted by atomic mass is 9.86. The molecule has 6 rings (SSSR count). The van der Waals surface area contributed by atoms with Crippen LogP contribution in [0.2, 0.25) is 0 Å². The van der Waals surface area contributed by atoms with Crippen molar-refractivity contribution in [1.29, 1.82) is 0 Å². The highest BCUT2D eigenvalue weighted by molar-refractivity contribution is 6.06. The molecule has 2 N–H and O–H groups in total. The number of benzene rings is 1. The summed E-state index contributed by atoms with van der Waals surface area (Å²) < 4.78 is 1.77. The first kappa shape index (κ1) is 19.0. The molecule has 1 atom stereocenters. The number of carbonyl (C=O) groups is 1. The number of anilines is 4. The van der Waals surface area contributed by atoms with Gasteiger partial charge in [-0.15, -0.1) is 5.10 Å². The van der Waals surface area contributed by atoms with Crippen LogP contribution in [0, 0.1) is 0 Å². The number of carbonyl (C=O) groups excluding carboxylic acids is 1. The summed E-state index contributed by atoms with van der Waals surface area (Å²) >= 11 is 0. The van der Waals surface area contributed by atoms with Crippen LogP contribution in [0.3, 0.4) is 0 Å². The molecule has 4 heterocycles. The number of fused-ring (bicyclic) bond motifs is 2. The molecule has 1 amide bonds. The van der Waals surface area contributed by atoms with Crippen LogP contribution in [-0.4, -0.2) is 31.5 Å². The van der Waals surface area contributed by atoms with Crippen LogP contribution in [-0.2, 0) is 10.2 Å². The predicted molar refractivity (Wildman–Crippen MR) is 124 cm³/mol. The van der Waals surface area contributed by atoms with Crippen LogP contribution in [0.15, 0.2) is 54.0 Å². The third-order valence-electron chi connectivity index (χ3n) is 6.71. The Morgan fingerprint density at radius 3 is 3.03 bits per heavy atom. The van der Waals surface area contributed by atoms with Crippen molar-refractivity contribution >= 4 is 34.7 Å². The van der Waals surface area contributed by atoms with Gasteiger partial charge in [0.2, 0.25) is 17.5 Å². The lowest BCUT2D eigenvalue weighted by molar-refractivity contribution is -0.119. The maximum atomic E-state index is 12.3. The van der Waals surface area contributed by atoms with Gasteiger partial charge in [-0.05, 0) is 63.3 Å². The summed E-state index contributed by atoms with van der Waals surface area (Å²) in [6.07, 6.45) is 11.2. The summed E-state index contributed by atoms with van der Waals surface area (Å²) in [4.78, 5) is 24.0. The molecule has 8 heteroatoms. The molecule has 1 aromatic carbocycles. The van der Waals surface area contributed by atoms with Crippen LogP contribution >= 0.6 is 0 Å². The molecule has 1 unspecified atom stereocenters. The van der Waals surface area contributed by atoms with Crippen molar-refractivity contribution in [3.05, 3.63) is 59.6 Å². The van der Waals surface area contributed by atoms with E-state index in [4.69, 9.17) is 9.97 Å². The first-order valence-electron chi connectivity index (χ1n) is 11.0. The van der Waals surface area contributed by atoms with Gasteiger partial charge in [-0.1, -0.05) is 18.2 Å². The zero-order valence-corrected chi connectivity index (χ0v) is 18.4. The number of hydrogen-bond acceptors (Lipinski definition) is 6. The van der Waals surface area contributed by atoms with Gasteiger partial charge in [0, 0.05) is 35.5 Å². The van der Waals surface area contributed by atoms with Gasteiger partial charge in [0.15, 0.2) is 5.82 Å². The summed E-state index contributed by atoms with van der Waals surface area (Å²) in [5, 5.41) is 10.9. The number of hydrogen-bond donors (Lipinski definition) is 2. The van der Waals surface area contributed by atoms with Crippen LogP contribution in [0.1, 0.15) is 45.6 Å². The Morgan fingerprint density at radius 1 is 1.28 bits per heavy atom. The lowest BCUT2D eigenvalue weighted by Crippen LogP contribution is -2.28. The van der Waals surface area contributed by atoms with E-state index >= 15 is 0 Å². The molecule has 0 fully saturated rings. The highest BCUT2D eigenvalue weighted by Gasteiger charge is 2.38. The van der Waals surface area contributed by atoms with Gasteiger partial charge in [-0.25, -0.2) is 9.50 Å². The van der Waals surface area contributed by atoms with Crippen LogP contribution in [0.5, 0.6) is 0 Å². The Hall–Kier alpha value is -3.68. The molecule has 2 aliphatic heterocycles. The molecule has 8 nitrogen and oxygen atoms in total. The topological polar surface area (TPSA) is 87.5 Å². The summed E-state index contributed by atoms with van der Waals surface area (Å²) in [5.41, 5.74) is 5.58. The maximum Gasteiger partial charge on any atom is 0.247 e. The van der Waals surface area contributed by atoms with E-state index in [9.17, 15) is 4.79 Å². The molecule has 0 radical (unpaired) electrons. The minimum atomic E-state index is -0.524. The fraction of sp³-hybridized carbons (Fsp3) is 0.333. The van der Waals surface area contributed by atoms with Crippen molar-refractivity contribution in [1.82, 2.24) is 19.6 Å².